The number of carbonyl (C=O) groups excluding carboxylic acids is 1. The first-order chi connectivity index (χ1) is 15.7. The highest BCUT2D eigenvalue weighted by atomic mass is 32.2. The van der Waals surface area contributed by atoms with Crippen molar-refractivity contribution < 1.29 is 4.79 Å². The summed E-state index contributed by atoms with van der Waals surface area (Å²) in [4.78, 5) is 30.3. The zero-order valence-electron chi connectivity index (χ0n) is 18.0. The maximum absolute atomic E-state index is 13.3. The molecule has 0 aliphatic heterocycles. The van der Waals surface area contributed by atoms with E-state index in [4.69, 9.17) is 4.98 Å². The van der Waals surface area contributed by atoms with Crippen molar-refractivity contribution in [3.05, 3.63) is 106 Å². The molecule has 0 bridgehead atoms. The third kappa shape index (κ3) is 5.08. The van der Waals surface area contributed by atoms with Gasteiger partial charge in [-0.05, 0) is 41.8 Å². The average molecular weight is 444 g/mol. The Labute approximate surface area is 191 Å². The Morgan fingerprint density at radius 3 is 2.41 bits per heavy atom. The number of carbonyl (C=O) groups is 1. The van der Waals surface area contributed by atoms with Crippen LogP contribution in [0.2, 0.25) is 0 Å². The van der Waals surface area contributed by atoms with Gasteiger partial charge in [-0.25, -0.2) is 4.98 Å². The molecule has 4 rings (SSSR count). The van der Waals surface area contributed by atoms with Crippen LogP contribution in [-0.4, -0.2) is 22.0 Å². The van der Waals surface area contributed by atoms with Crippen molar-refractivity contribution in [1.29, 1.82) is 0 Å². The third-order valence-corrected chi connectivity index (χ3v) is 6.18. The molecule has 0 aliphatic carbocycles. The number of amides is 1. The molecule has 1 aromatic heterocycles. The molecule has 0 radical (unpaired) electrons. The number of aromatic nitrogens is 2. The molecule has 3 aromatic carbocycles. The van der Waals surface area contributed by atoms with E-state index in [0.29, 0.717) is 34.7 Å². The van der Waals surface area contributed by atoms with Gasteiger partial charge in [0.15, 0.2) is 5.16 Å². The second-order valence-corrected chi connectivity index (χ2v) is 8.47. The van der Waals surface area contributed by atoms with Gasteiger partial charge in [-0.2, -0.15) is 0 Å². The Hall–Kier alpha value is -3.38. The Kier molecular flexibility index (Phi) is 7.02. The molecule has 162 valence electrons. The summed E-state index contributed by atoms with van der Waals surface area (Å²) in [7, 11) is 0. The third-order valence-electron chi connectivity index (χ3n) is 5.13. The molecular weight excluding hydrogens is 418 g/mol. The first kappa shape index (κ1) is 21.8. The van der Waals surface area contributed by atoms with Crippen molar-refractivity contribution in [3.63, 3.8) is 0 Å². The van der Waals surface area contributed by atoms with Gasteiger partial charge in [0.1, 0.15) is 0 Å². The van der Waals surface area contributed by atoms with E-state index in [2.05, 4.69) is 17.4 Å². The van der Waals surface area contributed by atoms with Gasteiger partial charge in [-0.15, -0.1) is 0 Å². The van der Waals surface area contributed by atoms with E-state index in [9.17, 15) is 9.59 Å². The maximum Gasteiger partial charge on any atom is 0.262 e. The molecule has 32 heavy (non-hydrogen) atoms. The number of hydrogen-bond donors (Lipinski definition) is 1. The van der Waals surface area contributed by atoms with E-state index in [1.165, 1.54) is 5.56 Å². The Morgan fingerprint density at radius 1 is 0.938 bits per heavy atom. The molecular formula is C26H25N3O2S. The highest BCUT2D eigenvalue weighted by Crippen LogP contribution is 2.23. The van der Waals surface area contributed by atoms with E-state index < -0.39 is 0 Å². The summed E-state index contributed by atoms with van der Waals surface area (Å²) in [5.41, 5.74) is 3.37. The highest BCUT2D eigenvalue weighted by Gasteiger charge is 2.13. The standard InChI is InChI=1S/C26H25N3O2S/c1-2-16-27-24(30)21-14-12-19(13-15-21)17-29-25(31)22-10-6-7-11-23(22)28-26(29)32-18-20-8-4-3-5-9-20/h3-15H,2,16-18H2,1H3,(H,27,30). The van der Waals surface area contributed by atoms with E-state index in [-0.39, 0.29) is 11.5 Å². The summed E-state index contributed by atoms with van der Waals surface area (Å²) >= 11 is 1.55. The predicted octanol–water partition coefficient (Wildman–Crippen LogP) is 4.88. The van der Waals surface area contributed by atoms with Crippen LogP contribution in [0.1, 0.15) is 34.8 Å². The van der Waals surface area contributed by atoms with Crippen LogP contribution in [-0.2, 0) is 12.3 Å². The summed E-state index contributed by atoms with van der Waals surface area (Å²) in [6.07, 6.45) is 0.894. The zero-order valence-corrected chi connectivity index (χ0v) is 18.8. The van der Waals surface area contributed by atoms with E-state index in [1.54, 1.807) is 28.5 Å². The number of rotatable bonds is 8. The van der Waals surface area contributed by atoms with Gasteiger partial charge >= 0.3 is 0 Å². The number of benzene rings is 3. The normalized spacial score (nSPS) is 10.9. The number of nitrogens with one attached hydrogen (secondary N) is 1. The lowest BCUT2D eigenvalue weighted by molar-refractivity contribution is 0.0953. The minimum Gasteiger partial charge on any atom is -0.352 e. The van der Waals surface area contributed by atoms with Gasteiger partial charge < -0.3 is 5.32 Å². The van der Waals surface area contributed by atoms with Crippen LogP contribution in [0.3, 0.4) is 0 Å². The van der Waals surface area contributed by atoms with Crippen LogP contribution < -0.4 is 10.9 Å². The fourth-order valence-corrected chi connectivity index (χ4v) is 4.36. The maximum atomic E-state index is 13.3. The van der Waals surface area contributed by atoms with Crippen LogP contribution in [0.4, 0.5) is 0 Å². The van der Waals surface area contributed by atoms with Crippen LogP contribution in [0.15, 0.2) is 88.8 Å². The van der Waals surface area contributed by atoms with E-state index in [1.807, 2.05) is 61.5 Å². The van der Waals surface area contributed by atoms with Crippen molar-refractivity contribution in [2.45, 2.75) is 30.8 Å². The highest BCUT2D eigenvalue weighted by molar-refractivity contribution is 7.98. The minimum atomic E-state index is -0.0814. The first-order valence-electron chi connectivity index (χ1n) is 10.7. The number of para-hydroxylation sites is 1. The lowest BCUT2D eigenvalue weighted by Gasteiger charge is -2.14. The predicted molar refractivity (Wildman–Crippen MR) is 130 cm³/mol. The molecule has 0 aliphatic rings. The molecule has 0 fully saturated rings. The molecule has 0 saturated heterocycles. The molecule has 1 heterocycles. The molecule has 0 atom stereocenters. The summed E-state index contributed by atoms with van der Waals surface area (Å²) in [5.74, 6) is 0.643. The SMILES string of the molecule is CCCNC(=O)c1ccc(Cn2c(SCc3ccccc3)nc3ccccc3c2=O)cc1. The fourth-order valence-electron chi connectivity index (χ4n) is 3.40. The van der Waals surface area contributed by atoms with Crippen molar-refractivity contribution in [2.24, 2.45) is 0 Å². The van der Waals surface area contributed by atoms with Crippen molar-refractivity contribution in [2.75, 3.05) is 6.54 Å². The lowest BCUT2D eigenvalue weighted by atomic mass is 10.1. The van der Waals surface area contributed by atoms with Gasteiger partial charge in [0.05, 0.1) is 17.4 Å². The molecule has 6 heteroatoms. The van der Waals surface area contributed by atoms with Crippen LogP contribution >= 0.6 is 11.8 Å². The average Bonchev–Trinajstić information content (AvgIpc) is 2.84. The van der Waals surface area contributed by atoms with Gasteiger partial charge in [-0.1, -0.05) is 73.3 Å². The molecule has 1 N–H and O–H groups in total. The van der Waals surface area contributed by atoms with Crippen LogP contribution in [0.5, 0.6) is 0 Å². The first-order valence-corrected chi connectivity index (χ1v) is 11.7. The number of thioether (sulfide) groups is 1. The Morgan fingerprint density at radius 2 is 1.66 bits per heavy atom. The summed E-state index contributed by atoms with van der Waals surface area (Å²) in [6.45, 7) is 3.07. The van der Waals surface area contributed by atoms with Gasteiger partial charge in [0.2, 0.25) is 0 Å². The van der Waals surface area contributed by atoms with E-state index in [0.717, 1.165) is 17.7 Å². The monoisotopic (exact) mass is 443 g/mol. The quantitative estimate of drug-likeness (QED) is 0.311. The fraction of sp³-hybridized carbons (Fsp3) is 0.192. The number of fused-ring (bicyclic) bond motifs is 1. The largest absolute Gasteiger partial charge is 0.352 e. The van der Waals surface area contributed by atoms with Crippen molar-refractivity contribution in [1.82, 2.24) is 14.9 Å². The smallest absolute Gasteiger partial charge is 0.262 e. The summed E-state index contributed by atoms with van der Waals surface area (Å²) in [6, 6.07) is 25.0. The summed E-state index contributed by atoms with van der Waals surface area (Å²) < 4.78 is 1.72. The molecule has 4 aromatic rings. The zero-order chi connectivity index (χ0) is 22.3. The number of hydrogen-bond acceptors (Lipinski definition) is 4. The second kappa shape index (κ2) is 10.3. The Balaban J connectivity index is 1.63. The Bertz CT molecular complexity index is 1270. The van der Waals surface area contributed by atoms with Gasteiger partial charge in [0.25, 0.3) is 11.5 Å². The number of nitrogens with zero attached hydrogens (tertiary/aromatic N) is 2. The molecule has 0 spiro atoms. The van der Waals surface area contributed by atoms with Crippen LogP contribution in [0, 0.1) is 0 Å². The van der Waals surface area contributed by atoms with Gasteiger partial charge in [0, 0.05) is 17.9 Å². The molecule has 5 nitrogen and oxygen atoms in total. The lowest BCUT2D eigenvalue weighted by Crippen LogP contribution is -2.25. The van der Waals surface area contributed by atoms with Gasteiger partial charge in [-0.3, -0.25) is 14.2 Å². The van der Waals surface area contributed by atoms with Crippen molar-refractivity contribution >= 4 is 28.6 Å². The topological polar surface area (TPSA) is 64.0 Å². The van der Waals surface area contributed by atoms with Crippen LogP contribution in [0.25, 0.3) is 10.9 Å². The minimum absolute atomic E-state index is 0.0593. The molecule has 1 amide bonds. The second-order valence-electron chi connectivity index (χ2n) is 7.53. The molecule has 0 unspecified atom stereocenters. The van der Waals surface area contributed by atoms with E-state index >= 15 is 0 Å². The molecule has 0 saturated carbocycles. The van der Waals surface area contributed by atoms with Crippen molar-refractivity contribution in [3.8, 4) is 0 Å². The summed E-state index contributed by atoms with van der Waals surface area (Å²) in [5, 5.41) is 4.17.